The summed E-state index contributed by atoms with van der Waals surface area (Å²) in [4.78, 5) is 7.03. The molecule has 1 aromatic rings. The van der Waals surface area contributed by atoms with Crippen LogP contribution in [0.15, 0.2) is 29.3 Å². The second-order valence-electron chi connectivity index (χ2n) is 9.32. The van der Waals surface area contributed by atoms with Crippen molar-refractivity contribution in [1.29, 1.82) is 0 Å². The van der Waals surface area contributed by atoms with Crippen molar-refractivity contribution in [2.24, 2.45) is 4.99 Å². The average molecular weight is 559 g/mol. The summed E-state index contributed by atoms with van der Waals surface area (Å²) in [5.41, 5.74) is 1.54. The van der Waals surface area contributed by atoms with Gasteiger partial charge in [-0.25, -0.2) is 0 Å². The Balaban J connectivity index is 0.00000363. The zero-order valence-corrected chi connectivity index (χ0v) is 22.7. The lowest BCUT2D eigenvalue weighted by molar-refractivity contribution is 0.0532. The molecule has 1 saturated carbocycles. The Kier molecular flexibility index (Phi) is 11.6. The van der Waals surface area contributed by atoms with Crippen LogP contribution in [0.25, 0.3) is 0 Å². The first kappa shape index (κ1) is 27.2. The standard InChI is InChI=1S/C25H42N4O2.HI/c1-20(2)31-17-16-29-14-10-22(11-15-29)28-24(26-3)27-19-25(12-5-6-13-25)21-8-7-9-23(18-21)30-4;/h7-9,18,20,22H,5-6,10-17,19H2,1-4H3,(H2,26,27,28);1H. The number of guanidine groups is 1. The van der Waals surface area contributed by atoms with Crippen LogP contribution >= 0.6 is 24.0 Å². The van der Waals surface area contributed by atoms with Gasteiger partial charge in [-0.3, -0.25) is 4.99 Å². The molecule has 6 nitrogen and oxygen atoms in total. The molecule has 1 heterocycles. The number of halogens is 1. The van der Waals surface area contributed by atoms with Crippen LogP contribution in [0.4, 0.5) is 0 Å². The van der Waals surface area contributed by atoms with Crippen LogP contribution in [0.2, 0.25) is 0 Å². The molecule has 32 heavy (non-hydrogen) atoms. The predicted octanol–water partition coefficient (Wildman–Crippen LogP) is 4.18. The van der Waals surface area contributed by atoms with Gasteiger partial charge >= 0.3 is 0 Å². The van der Waals surface area contributed by atoms with E-state index in [2.05, 4.69) is 52.6 Å². The molecule has 1 aliphatic heterocycles. The van der Waals surface area contributed by atoms with E-state index in [1.54, 1.807) is 7.11 Å². The molecule has 2 fully saturated rings. The smallest absolute Gasteiger partial charge is 0.191 e. The maximum Gasteiger partial charge on any atom is 0.191 e. The van der Waals surface area contributed by atoms with E-state index < -0.39 is 0 Å². The van der Waals surface area contributed by atoms with Gasteiger partial charge in [0.25, 0.3) is 0 Å². The first-order valence-corrected chi connectivity index (χ1v) is 12.0. The molecule has 0 atom stereocenters. The fourth-order valence-electron chi connectivity index (χ4n) is 4.93. The molecule has 0 spiro atoms. The van der Waals surface area contributed by atoms with E-state index in [-0.39, 0.29) is 29.4 Å². The van der Waals surface area contributed by atoms with E-state index in [0.717, 1.165) is 57.3 Å². The molecule has 2 aliphatic rings. The molecule has 0 radical (unpaired) electrons. The fourth-order valence-corrected chi connectivity index (χ4v) is 4.93. The third kappa shape index (κ3) is 7.76. The number of hydrogen-bond donors (Lipinski definition) is 2. The molecule has 0 unspecified atom stereocenters. The highest BCUT2D eigenvalue weighted by atomic mass is 127. The number of ether oxygens (including phenoxy) is 2. The maximum absolute atomic E-state index is 5.70. The van der Waals surface area contributed by atoms with Gasteiger partial charge in [0.05, 0.1) is 19.8 Å². The van der Waals surface area contributed by atoms with Gasteiger partial charge in [-0.1, -0.05) is 25.0 Å². The third-order valence-corrected chi connectivity index (χ3v) is 6.85. The van der Waals surface area contributed by atoms with Crippen molar-refractivity contribution >= 4 is 29.9 Å². The highest BCUT2D eigenvalue weighted by Crippen LogP contribution is 2.41. The lowest BCUT2D eigenvalue weighted by atomic mass is 9.78. The fraction of sp³-hybridized carbons (Fsp3) is 0.720. The molecule has 182 valence electrons. The topological polar surface area (TPSA) is 58.1 Å². The zero-order valence-electron chi connectivity index (χ0n) is 20.4. The van der Waals surface area contributed by atoms with Gasteiger partial charge in [-0.15, -0.1) is 24.0 Å². The molecule has 1 aliphatic carbocycles. The number of nitrogens with zero attached hydrogens (tertiary/aromatic N) is 2. The van der Waals surface area contributed by atoms with E-state index in [9.17, 15) is 0 Å². The molecule has 0 aromatic heterocycles. The minimum Gasteiger partial charge on any atom is -0.497 e. The van der Waals surface area contributed by atoms with Crippen LogP contribution in [0, 0.1) is 0 Å². The summed E-state index contributed by atoms with van der Waals surface area (Å²) in [7, 11) is 3.62. The van der Waals surface area contributed by atoms with E-state index in [1.807, 2.05) is 13.1 Å². The Bertz CT molecular complexity index is 699. The summed E-state index contributed by atoms with van der Waals surface area (Å²) in [6, 6.07) is 9.08. The SMILES string of the molecule is CN=C(NCC1(c2cccc(OC)c2)CCCC1)NC1CCN(CCOC(C)C)CC1.I. The van der Waals surface area contributed by atoms with Crippen molar-refractivity contribution < 1.29 is 9.47 Å². The van der Waals surface area contributed by atoms with Crippen molar-refractivity contribution in [3.05, 3.63) is 29.8 Å². The van der Waals surface area contributed by atoms with Crippen LogP contribution in [0.3, 0.4) is 0 Å². The number of aliphatic imine (C=N–C) groups is 1. The minimum absolute atomic E-state index is 0. The molecule has 2 N–H and O–H groups in total. The third-order valence-electron chi connectivity index (χ3n) is 6.85. The number of rotatable bonds is 9. The number of benzene rings is 1. The molecule has 7 heteroatoms. The van der Waals surface area contributed by atoms with Crippen molar-refractivity contribution in [1.82, 2.24) is 15.5 Å². The van der Waals surface area contributed by atoms with E-state index in [0.29, 0.717) is 12.1 Å². The minimum atomic E-state index is 0. The van der Waals surface area contributed by atoms with E-state index in [4.69, 9.17) is 9.47 Å². The lowest BCUT2D eigenvalue weighted by Gasteiger charge is -2.34. The van der Waals surface area contributed by atoms with E-state index in [1.165, 1.54) is 31.2 Å². The maximum atomic E-state index is 5.70. The average Bonchev–Trinajstić information content (AvgIpc) is 3.27. The Morgan fingerprint density at radius 2 is 1.94 bits per heavy atom. The van der Waals surface area contributed by atoms with Gasteiger partial charge in [0.15, 0.2) is 5.96 Å². The van der Waals surface area contributed by atoms with Crippen LogP contribution in [-0.4, -0.2) is 69.9 Å². The molecule has 3 rings (SSSR count). The summed E-state index contributed by atoms with van der Waals surface area (Å²) in [5.74, 6) is 1.87. The predicted molar refractivity (Wildman–Crippen MR) is 144 cm³/mol. The molecule has 1 aromatic carbocycles. The summed E-state index contributed by atoms with van der Waals surface area (Å²) in [6.45, 7) is 9.18. The summed E-state index contributed by atoms with van der Waals surface area (Å²) in [5, 5.41) is 7.33. The Morgan fingerprint density at radius 3 is 2.56 bits per heavy atom. The molecule has 1 saturated heterocycles. The van der Waals surface area contributed by atoms with Crippen molar-refractivity contribution in [2.75, 3.05) is 46.9 Å². The van der Waals surface area contributed by atoms with Gasteiger partial charge in [-0.2, -0.15) is 0 Å². The van der Waals surface area contributed by atoms with Crippen molar-refractivity contribution in [3.63, 3.8) is 0 Å². The largest absolute Gasteiger partial charge is 0.497 e. The molecule has 0 amide bonds. The highest BCUT2D eigenvalue weighted by molar-refractivity contribution is 14.0. The zero-order chi connectivity index (χ0) is 22.1. The lowest BCUT2D eigenvalue weighted by Crippen LogP contribution is -2.51. The van der Waals surface area contributed by atoms with Gasteiger partial charge in [0, 0.05) is 44.7 Å². The Hall–Kier alpha value is -1.06. The number of methoxy groups -OCH3 is 1. The highest BCUT2D eigenvalue weighted by Gasteiger charge is 2.36. The molecular formula is C25H43IN4O2. The number of piperidine rings is 1. The van der Waals surface area contributed by atoms with Crippen LogP contribution in [0.5, 0.6) is 5.75 Å². The second-order valence-corrected chi connectivity index (χ2v) is 9.32. The van der Waals surface area contributed by atoms with Crippen LogP contribution < -0.4 is 15.4 Å². The Labute approximate surface area is 211 Å². The molecule has 0 bridgehead atoms. The van der Waals surface area contributed by atoms with E-state index >= 15 is 0 Å². The first-order chi connectivity index (χ1) is 15.0. The van der Waals surface area contributed by atoms with Crippen molar-refractivity contribution in [2.45, 2.75) is 69.9 Å². The first-order valence-electron chi connectivity index (χ1n) is 12.0. The number of hydrogen-bond acceptors (Lipinski definition) is 4. The monoisotopic (exact) mass is 558 g/mol. The van der Waals surface area contributed by atoms with Crippen LogP contribution in [0.1, 0.15) is 57.9 Å². The number of likely N-dealkylation sites (tertiary alicyclic amines) is 1. The van der Waals surface area contributed by atoms with Crippen molar-refractivity contribution in [3.8, 4) is 5.75 Å². The van der Waals surface area contributed by atoms with Gasteiger partial charge < -0.3 is 25.0 Å². The second kappa shape index (κ2) is 13.6. The van der Waals surface area contributed by atoms with Gasteiger partial charge in [0.1, 0.15) is 5.75 Å². The normalized spacial score (nSPS) is 19.6. The van der Waals surface area contributed by atoms with Gasteiger partial charge in [0.2, 0.25) is 0 Å². The van der Waals surface area contributed by atoms with Crippen LogP contribution in [-0.2, 0) is 10.2 Å². The summed E-state index contributed by atoms with van der Waals surface area (Å²) >= 11 is 0. The quantitative estimate of drug-likeness (QED) is 0.271. The number of nitrogens with one attached hydrogen (secondary N) is 2. The Morgan fingerprint density at radius 1 is 1.22 bits per heavy atom. The summed E-state index contributed by atoms with van der Waals surface area (Å²) in [6.07, 6.45) is 7.58. The molecular weight excluding hydrogens is 515 g/mol. The summed E-state index contributed by atoms with van der Waals surface area (Å²) < 4.78 is 11.2. The van der Waals surface area contributed by atoms with Gasteiger partial charge in [-0.05, 0) is 57.2 Å².